The van der Waals surface area contributed by atoms with Crippen molar-refractivity contribution in [2.24, 2.45) is 15.9 Å². The number of aromatic nitrogens is 1. The van der Waals surface area contributed by atoms with Crippen LogP contribution < -0.4 is 0 Å². The normalized spacial score (nSPS) is 24.6. The average molecular weight is 287 g/mol. The van der Waals surface area contributed by atoms with Crippen molar-refractivity contribution in [3.05, 3.63) is 29.6 Å². The van der Waals surface area contributed by atoms with E-state index in [1.165, 1.54) is 0 Å². The Labute approximate surface area is 125 Å². The first-order valence-corrected chi connectivity index (χ1v) is 7.56. The van der Waals surface area contributed by atoms with Crippen molar-refractivity contribution in [3.63, 3.8) is 0 Å². The molecule has 0 N–H and O–H groups in total. The summed E-state index contributed by atoms with van der Waals surface area (Å²) in [6, 6.07) is 6.23. The van der Waals surface area contributed by atoms with Crippen molar-refractivity contribution in [2.45, 2.75) is 39.3 Å². The third kappa shape index (κ3) is 2.91. The molecule has 0 bridgehead atoms. The molecule has 112 valence electrons. The van der Waals surface area contributed by atoms with Gasteiger partial charge in [0.1, 0.15) is 24.6 Å². The van der Waals surface area contributed by atoms with Crippen LogP contribution in [0.5, 0.6) is 0 Å². The van der Waals surface area contributed by atoms with Gasteiger partial charge in [-0.2, -0.15) is 0 Å². The predicted octanol–water partition coefficient (Wildman–Crippen LogP) is 2.44. The second kappa shape index (κ2) is 5.84. The van der Waals surface area contributed by atoms with Crippen LogP contribution in [0.2, 0.25) is 0 Å². The maximum Gasteiger partial charge on any atom is 0.235 e. The summed E-state index contributed by atoms with van der Waals surface area (Å²) in [5.74, 6) is 1.72. The second-order valence-corrected chi connectivity index (χ2v) is 5.77. The fraction of sp³-hybridized carbons (Fsp3) is 0.562. The first-order valence-electron chi connectivity index (χ1n) is 7.56. The van der Waals surface area contributed by atoms with Gasteiger partial charge in [0, 0.05) is 0 Å². The van der Waals surface area contributed by atoms with E-state index in [1.54, 1.807) is 0 Å². The molecule has 0 saturated carbocycles. The lowest BCUT2D eigenvalue weighted by molar-refractivity contribution is 0.291. The molecule has 0 aliphatic carbocycles. The van der Waals surface area contributed by atoms with Gasteiger partial charge in [0.2, 0.25) is 11.8 Å². The van der Waals surface area contributed by atoms with E-state index in [9.17, 15) is 0 Å². The van der Waals surface area contributed by atoms with Crippen LogP contribution in [-0.4, -0.2) is 42.1 Å². The summed E-state index contributed by atoms with van der Waals surface area (Å²) >= 11 is 0. The molecule has 0 saturated heterocycles. The molecule has 2 aliphatic heterocycles. The van der Waals surface area contributed by atoms with Gasteiger partial charge >= 0.3 is 0 Å². The quantitative estimate of drug-likeness (QED) is 0.854. The highest BCUT2D eigenvalue weighted by atomic mass is 16.5. The van der Waals surface area contributed by atoms with Crippen LogP contribution in [0, 0.1) is 5.92 Å². The fourth-order valence-corrected chi connectivity index (χ4v) is 2.31. The van der Waals surface area contributed by atoms with Gasteiger partial charge in [0.25, 0.3) is 0 Å². The Kier molecular flexibility index (Phi) is 3.90. The van der Waals surface area contributed by atoms with Gasteiger partial charge in [-0.05, 0) is 24.5 Å². The second-order valence-electron chi connectivity index (χ2n) is 5.77. The van der Waals surface area contributed by atoms with Crippen LogP contribution in [0.4, 0.5) is 0 Å². The molecule has 0 fully saturated rings. The average Bonchev–Trinajstić information content (AvgIpc) is 3.17. The maximum atomic E-state index is 5.68. The number of nitrogens with zero attached hydrogens (tertiary/aromatic N) is 3. The standard InChI is InChI=1S/C16H21N3O2/c1-4-11-8-20-15(17-11)12-6-5-7-13(18-12)16-19-14(9-21-16)10(2)3/h5-7,10-11,14H,4,8-9H2,1-3H3/t11-,14+/m1/s1. The SMILES string of the molecule is CC[C@@H]1COC(c2cccc(C3=N[C@H](C(C)C)CO3)n2)=N1. The van der Waals surface area contributed by atoms with E-state index >= 15 is 0 Å². The molecule has 1 aromatic heterocycles. The van der Waals surface area contributed by atoms with Crippen LogP contribution in [0.25, 0.3) is 0 Å². The molecule has 1 aromatic rings. The van der Waals surface area contributed by atoms with Crippen molar-refractivity contribution in [2.75, 3.05) is 13.2 Å². The number of hydrogen-bond donors (Lipinski definition) is 0. The van der Waals surface area contributed by atoms with Gasteiger partial charge in [-0.15, -0.1) is 0 Å². The van der Waals surface area contributed by atoms with E-state index in [2.05, 4.69) is 35.7 Å². The number of aliphatic imine (C=N–C) groups is 2. The highest BCUT2D eigenvalue weighted by Crippen LogP contribution is 2.18. The molecule has 21 heavy (non-hydrogen) atoms. The number of rotatable bonds is 4. The molecule has 2 aliphatic rings. The van der Waals surface area contributed by atoms with Crippen LogP contribution in [-0.2, 0) is 9.47 Å². The highest BCUT2D eigenvalue weighted by molar-refractivity contribution is 5.97. The highest BCUT2D eigenvalue weighted by Gasteiger charge is 2.25. The molecule has 5 heteroatoms. The van der Waals surface area contributed by atoms with E-state index in [1.807, 2.05) is 18.2 Å². The van der Waals surface area contributed by atoms with Crippen molar-refractivity contribution in [3.8, 4) is 0 Å². The lowest BCUT2D eigenvalue weighted by atomic mass is 10.1. The molecular weight excluding hydrogens is 266 g/mol. The summed E-state index contributed by atoms with van der Waals surface area (Å²) in [6.45, 7) is 7.68. The van der Waals surface area contributed by atoms with E-state index in [0.29, 0.717) is 30.9 Å². The van der Waals surface area contributed by atoms with Crippen LogP contribution in [0.3, 0.4) is 0 Å². The predicted molar refractivity (Wildman–Crippen MR) is 81.9 cm³/mol. The first kappa shape index (κ1) is 14.0. The van der Waals surface area contributed by atoms with E-state index in [-0.39, 0.29) is 12.1 Å². The number of pyridine rings is 1. The lowest BCUT2D eigenvalue weighted by Crippen LogP contribution is -2.13. The minimum Gasteiger partial charge on any atom is -0.474 e. The number of hydrogen-bond acceptors (Lipinski definition) is 5. The summed E-state index contributed by atoms with van der Waals surface area (Å²) in [7, 11) is 0. The zero-order chi connectivity index (χ0) is 14.8. The Morgan fingerprint density at radius 1 is 1.10 bits per heavy atom. The molecule has 3 heterocycles. The van der Waals surface area contributed by atoms with Crippen molar-refractivity contribution >= 4 is 11.8 Å². The lowest BCUT2D eigenvalue weighted by Gasteiger charge is -2.06. The summed E-state index contributed by atoms with van der Waals surface area (Å²) < 4.78 is 11.3. The van der Waals surface area contributed by atoms with Crippen LogP contribution >= 0.6 is 0 Å². The summed E-state index contributed by atoms with van der Waals surface area (Å²) in [5, 5.41) is 0. The topological polar surface area (TPSA) is 56.1 Å². The molecule has 0 spiro atoms. The zero-order valence-electron chi connectivity index (χ0n) is 12.7. The van der Waals surface area contributed by atoms with E-state index < -0.39 is 0 Å². The van der Waals surface area contributed by atoms with Crippen molar-refractivity contribution in [1.82, 2.24) is 4.98 Å². The van der Waals surface area contributed by atoms with Crippen LogP contribution in [0.15, 0.2) is 28.2 Å². The Balaban J connectivity index is 1.83. The molecular formula is C16H21N3O2. The van der Waals surface area contributed by atoms with Gasteiger partial charge in [-0.1, -0.05) is 26.8 Å². The molecule has 5 nitrogen and oxygen atoms in total. The fourth-order valence-electron chi connectivity index (χ4n) is 2.31. The number of ether oxygens (including phenoxy) is 2. The Hall–Kier alpha value is -1.91. The van der Waals surface area contributed by atoms with Crippen molar-refractivity contribution in [1.29, 1.82) is 0 Å². The maximum absolute atomic E-state index is 5.68. The third-order valence-corrected chi connectivity index (χ3v) is 3.81. The smallest absolute Gasteiger partial charge is 0.235 e. The Morgan fingerprint density at radius 3 is 2.33 bits per heavy atom. The van der Waals surface area contributed by atoms with E-state index in [4.69, 9.17) is 9.47 Å². The Bertz CT molecular complexity index is 581. The third-order valence-electron chi connectivity index (χ3n) is 3.81. The largest absolute Gasteiger partial charge is 0.474 e. The molecule has 0 aromatic carbocycles. The zero-order valence-corrected chi connectivity index (χ0v) is 12.7. The minimum absolute atomic E-state index is 0.218. The minimum atomic E-state index is 0.218. The van der Waals surface area contributed by atoms with Gasteiger partial charge in [0.15, 0.2) is 0 Å². The first-order chi connectivity index (χ1) is 10.2. The van der Waals surface area contributed by atoms with Gasteiger partial charge < -0.3 is 9.47 Å². The monoisotopic (exact) mass is 287 g/mol. The molecule has 0 amide bonds. The van der Waals surface area contributed by atoms with Crippen molar-refractivity contribution < 1.29 is 9.47 Å². The van der Waals surface area contributed by atoms with Gasteiger partial charge in [-0.3, -0.25) is 0 Å². The van der Waals surface area contributed by atoms with E-state index in [0.717, 1.165) is 17.8 Å². The van der Waals surface area contributed by atoms with Crippen LogP contribution in [0.1, 0.15) is 38.6 Å². The molecule has 0 radical (unpaired) electrons. The summed E-state index contributed by atoms with van der Waals surface area (Å²) in [5.41, 5.74) is 1.50. The van der Waals surface area contributed by atoms with Gasteiger partial charge in [-0.25, -0.2) is 15.0 Å². The molecule has 0 unspecified atom stereocenters. The van der Waals surface area contributed by atoms with Gasteiger partial charge in [0.05, 0.1) is 12.1 Å². The summed E-state index contributed by atoms with van der Waals surface area (Å²) in [4.78, 5) is 13.7. The molecule has 3 rings (SSSR count). The Morgan fingerprint density at radius 2 is 1.76 bits per heavy atom. The molecule has 2 atom stereocenters. The summed E-state index contributed by atoms with van der Waals surface area (Å²) in [6.07, 6.45) is 0.981.